The Balaban J connectivity index is 1.95. The van der Waals surface area contributed by atoms with Crippen LogP contribution in [0.3, 0.4) is 0 Å². The van der Waals surface area contributed by atoms with E-state index in [0.717, 1.165) is 5.56 Å². The third kappa shape index (κ3) is 5.85. The van der Waals surface area contributed by atoms with Crippen LogP contribution in [0.25, 0.3) is 0 Å². The molecule has 184 valence electrons. The van der Waals surface area contributed by atoms with Gasteiger partial charge in [0.25, 0.3) is 0 Å². The number of nitrogens with one attached hydrogen (secondary N) is 1. The molecular formula is C25H32ClN3O4S. The van der Waals surface area contributed by atoms with Crippen LogP contribution in [0.4, 0.5) is 4.79 Å². The van der Waals surface area contributed by atoms with E-state index in [9.17, 15) is 13.8 Å². The minimum atomic E-state index is -1.50. The molecule has 0 bridgehead atoms. The van der Waals surface area contributed by atoms with Gasteiger partial charge in [-0.15, -0.1) is 0 Å². The fourth-order valence-corrected chi connectivity index (χ4v) is 4.94. The number of hydrogen-bond donors (Lipinski definition) is 1. The van der Waals surface area contributed by atoms with Gasteiger partial charge in [0.05, 0.1) is 39.4 Å². The SMILES string of the molecule is C[C@@H](C(=O)N1C(=O)OC(C)(C)[C@@H]1Cc1ccccc1)[C@@H](N[S@](=O)C(C)(C)C)c1cc(Cl)ccn1. The van der Waals surface area contributed by atoms with Crippen molar-refractivity contribution in [2.24, 2.45) is 5.92 Å². The van der Waals surface area contributed by atoms with Crippen LogP contribution in [-0.2, 0) is 26.9 Å². The minimum absolute atomic E-state index is 0.429. The lowest BCUT2D eigenvalue weighted by Gasteiger charge is -2.32. The van der Waals surface area contributed by atoms with E-state index in [-0.39, 0.29) is 0 Å². The smallest absolute Gasteiger partial charge is 0.417 e. The number of imide groups is 1. The van der Waals surface area contributed by atoms with E-state index in [4.69, 9.17) is 16.3 Å². The van der Waals surface area contributed by atoms with Crippen molar-refractivity contribution in [1.29, 1.82) is 0 Å². The highest BCUT2D eigenvalue weighted by molar-refractivity contribution is 7.84. The molecule has 1 saturated heterocycles. The van der Waals surface area contributed by atoms with Crippen molar-refractivity contribution in [2.45, 2.75) is 70.4 Å². The first-order valence-electron chi connectivity index (χ1n) is 11.2. The molecule has 2 heterocycles. The molecule has 0 spiro atoms. The third-order valence-electron chi connectivity index (χ3n) is 5.91. The van der Waals surface area contributed by atoms with Crippen LogP contribution in [0.5, 0.6) is 0 Å². The molecule has 2 aromatic rings. The van der Waals surface area contributed by atoms with E-state index in [0.29, 0.717) is 17.1 Å². The van der Waals surface area contributed by atoms with Crippen LogP contribution in [-0.4, -0.2) is 42.5 Å². The lowest BCUT2D eigenvalue weighted by atomic mass is 9.90. The highest BCUT2D eigenvalue weighted by atomic mass is 35.5. The zero-order valence-electron chi connectivity index (χ0n) is 20.4. The van der Waals surface area contributed by atoms with Gasteiger partial charge < -0.3 is 4.74 Å². The Labute approximate surface area is 208 Å². The highest BCUT2D eigenvalue weighted by Crippen LogP contribution is 2.35. The Morgan fingerprint density at radius 2 is 1.91 bits per heavy atom. The van der Waals surface area contributed by atoms with E-state index in [1.165, 1.54) is 11.1 Å². The van der Waals surface area contributed by atoms with Gasteiger partial charge in [-0.2, -0.15) is 0 Å². The molecule has 1 aromatic carbocycles. The number of halogens is 1. The van der Waals surface area contributed by atoms with Crippen LogP contribution in [0.15, 0.2) is 48.7 Å². The zero-order valence-corrected chi connectivity index (χ0v) is 21.9. The van der Waals surface area contributed by atoms with Crippen LogP contribution < -0.4 is 4.72 Å². The fraction of sp³-hybridized carbons (Fsp3) is 0.480. The predicted molar refractivity (Wildman–Crippen MR) is 134 cm³/mol. The van der Waals surface area contributed by atoms with Crippen LogP contribution in [0, 0.1) is 5.92 Å². The molecule has 0 unspecified atom stereocenters. The Morgan fingerprint density at radius 1 is 1.26 bits per heavy atom. The highest BCUT2D eigenvalue weighted by Gasteiger charge is 2.52. The normalized spacial score (nSPS) is 20.5. The fourth-order valence-electron chi connectivity index (χ4n) is 3.86. The zero-order chi connectivity index (χ0) is 25.3. The average Bonchev–Trinajstić information content (AvgIpc) is 2.98. The molecule has 0 radical (unpaired) electrons. The standard InChI is InChI=1S/C25H32ClN3O4S/c1-16(21(28-34(32)24(2,3)4)19-15-18(26)12-13-27-19)22(30)29-20(25(5,6)33-23(29)31)14-17-10-8-7-9-11-17/h7-13,15-16,20-21,28H,14H2,1-6H3/t16-,20+,21-,34-/m1/s1. The van der Waals surface area contributed by atoms with Gasteiger partial charge in [-0.05, 0) is 58.7 Å². The maximum atomic E-state index is 13.8. The van der Waals surface area contributed by atoms with Crippen LogP contribution in [0.2, 0.25) is 5.02 Å². The monoisotopic (exact) mass is 505 g/mol. The largest absolute Gasteiger partial charge is 0.441 e. The molecule has 1 N–H and O–H groups in total. The molecule has 0 aliphatic carbocycles. The van der Waals surface area contributed by atoms with Gasteiger partial charge >= 0.3 is 6.09 Å². The van der Waals surface area contributed by atoms with Crippen molar-refractivity contribution in [1.82, 2.24) is 14.6 Å². The summed E-state index contributed by atoms with van der Waals surface area (Å²) in [6.07, 6.45) is 1.31. The number of hydrogen-bond acceptors (Lipinski definition) is 5. The van der Waals surface area contributed by atoms with Crippen molar-refractivity contribution >= 4 is 34.6 Å². The Morgan fingerprint density at radius 3 is 2.50 bits per heavy atom. The minimum Gasteiger partial charge on any atom is -0.441 e. The first-order chi connectivity index (χ1) is 15.8. The van der Waals surface area contributed by atoms with E-state index in [2.05, 4.69) is 9.71 Å². The maximum Gasteiger partial charge on any atom is 0.417 e. The number of carbonyl (C=O) groups is 2. The van der Waals surface area contributed by atoms with Gasteiger partial charge in [0.2, 0.25) is 5.91 Å². The summed E-state index contributed by atoms with van der Waals surface area (Å²) >= 11 is 6.19. The number of cyclic esters (lactones) is 1. The van der Waals surface area contributed by atoms with Gasteiger partial charge in [-0.1, -0.05) is 48.9 Å². The van der Waals surface area contributed by atoms with Crippen molar-refractivity contribution in [3.8, 4) is 0 Å². The number of carbonyl (C=O) groups excluding carboxylic acids is 2. The molecule has 7 nitrogen and oxygen atoms in total. The first-order valence-corrected chi connectivity index (χ1v) is 12.7. The maximum absolute atomic E-state index is 13.8. The summed E-state index contributed by atoms with van der Waals surface area (Å²) in [6.45, 7) is 10.8. The number of benzene rings is 1. The summed E-state index contributed by atoms with van der Waals surface area (Å²) in [6, 6.07) is 11.7. The molecule has 3 rings (SSSR count). The van der Waals surface area contributed by atoms with E-state index >= 15 is 0 Å². The second kappa shape index (κ2) is 10.1. The average molecular weight is 506 g/mol. The molecule has 34 heavy (non-hydrogen) atoms. The van der Waals surface area contributed by atoms with E-state index in [1.54, 1.807) is 32.9 Å². The Bertz CT molecular complexity index is 1070. The number of ether oxygens (including phenoxy) is 1. The predicted octanol–water partition coefficient (Wildman–Crippen LogP) is 4.83. The Kier molecular flexibility index (Phi) is 7.85. The quantitative estimate of drug-likeness (QED) is 0.582. The second-order valence-electron chi connectivity index (χ2n) is 10.0. The van der Waals surface area contributed by atoms with Crippen molar-refractivity contribution in [2.75, 3.05) is 0 Å². The molecule has 4 atom stereocenters. The molecule has 1 fully saturated rings. The lowest BCUT2D eigenvalue weighted by molar-refractivity contribution is -0.134. The number of pyridine rings is 1. The lowest BCUT2D eigenvalue weighted by Crippen LogP contribution is -2.50. The molecule has 9 heteroatoms. The van der Waals surface area contributed by atoms with Gasteiger partial charge in [0, 0.05) is 11.2 Å². The Hall–Kier alpha value is -2.29. The van der Waals surface area contributed by atoms with E-state index in [1.807, 2.05) is 51.1 Å². The van der Waals surface area contributed by atoms with Crippen LogP contribution >= 0.6 is 11.6 Å². The third-order valence-corrected chi connectivity index (χ3v) is 7.73. The molecule has 1 aliphatic rings. The number of aromatic nitrogens is 1. The first kappa shape index (κ1) is 26.3. The number of rotatable bonds is 7. The summed E-state index contributed by atoms with van der Waals surface area (Å²) < 4.78 is 21.1. The summed E-state index contributed by atoms with van der Waals surface area (Å²) in [5, 5.41) is 0.446. The summed E-state index contributed by atoms with van der Waals surface area (Å²) in [7, 11) is -1.50. The molecule has 2 amide bonds. The van der Waals surface area contributed by atoms with Crippen LogP contribution in [0.1, 0.15) is 58.8 Å². The number of nitrogens with zero attached hydrogens (tertiary/aromatic N) is 2. The van der Waals surface area contributed by atoms with Gasteiger partial charge in [0.15, 0.2) is 0 Å². The van der Waals surface area contributed by atoms with Gasteiger partial charge in [-0.3, -0.25) is 9.78 Å². The second-order valence-corrected chi connectivity index (χ2v) is 12.5. The molecule has 0 saturated carbocycles. The molecule has 1 aromatic heterocycles. The van der Waals surface area contributed by atoms with Gasteiger partial charge in [-0.25, -0.2) is 18.6 Å². The summed E-state index contributed by atoms with van der Waals surface area (Å²) in [5.41, 5.74) is 0.593. The number of amides is 2. The molecule has 1 aliphatic heterocycles. The topological polar surface area (TPSA) is 88.6 Å². The van der Waals surface area contributed by atoms with Crippen molar-refractivity contribution < 1.29 is 18.5 Å². The molecular weight excluding hydrogens is 474 g/mol. The van der Waals surface area contributed by atoms with Gasteiger partial charge in [0.1, 0.15) is 5.60 Å². The summed E-state index contributed by atoms with van der Waals surface area (Å²) in [4.78, 5) is 32.3. The van der Waals surface area contributed by atoms with Crippen molar-refractivity contribution in [3.63, 3.8) is 0 Å². The summed E-state index contributed by atoms with van der Waals surface area (Å²) in [5.74, 6) is -1.21. The van der Waals surface area contributed by atoms with Crippen molar-refractivity contribution in [3.05, 3.63) is 64.9 Å². The van der Waals surface area contributed by atoms with E-state index < -0.39 is 51.3 Å².